The average Bonchev–Trinajstić information content (AvgIpc) is 2.76. The second-order valence-electron chi connectivity index (χ2n) is 7.90. The van der Waals surface area contributed by atoms with Gasteiger partial charge < -0.3 is 15.5 Å². The summed E-state index contributed by atoms with van der Waals surface area (Å²) in [5.74, 6) is -2.01. The number of halogens is 3. The summed E-state index contributed by atoms with van der Waals surface area (Å²) in [6.07, 6.45) is 2.06. The zero-order chi connectivity index (χ0) is 22.0. The number of benzene rings is 3. The highest BCUT2D eigenvalue weighted by Gasteiger charge is 2.20. The minimum Gasteiger partial charge on any atom is -0.478 e. The number of hydrogen-bond acceptors (Lipinski definition) is 3. The number of carbonyl (C=O) groups is 1. The van der Waals surface area contributed by atoms with Gasteiger partial charge in [0.1, 0.15) is 5.82 Å². The van der Waals surface area contributed by atoms with Crippen LogP contribution >= 0.6 is 24.0 Å². The van der Waals surface area contributed by atoms with Crippen molar-refractivity contribution in [3.8, 4) is 11.1 Å². The third-order valence-electron chi connectivity index (χ3n) is 5.80. The van der Waals surface area contributed by atoms with E-state index in [0.717, 1.165) is 30.4 Å². The topological polar surface area (TPSA) is 69.6 Å². The Morgan fingerprint density at radius 1 is 1.09 bits per heavy atom. The van der Waals surface area contributed by atoms with Gasteiger partial charge in [0.25, 0.3) is 0 Å². The molecule has 0 amide bonds. The number of carboxylic acid groups (broad SMARTS) is 1. The van der Waals surface area contributed by atoms with Crippen LogP contribution in [-0.4, -0.2) is 28.8 Å². The predicted molar refractivity (Wildman–Crippen MR) is 126 cm³/mol. The molecule has 0 spiro atoms. The molecule has 0 saturated heterocycles. The summed E-state index contributed by atoms with van der Waals surface area (Å²) in [5.41, 5.74) is 4.40. The molecule has 168 valence electrons. The van der Waals surface area contributed by atoms with Gasteiger partial charge in [-0.25, -0.2) is 9.18 Å². The smallest absolute Gasteiger partial charge is 0.338 e. The lowest BCUT2D eigenvalue weighted by atomic mass is 9.86. The number of hydrogen-bond donors (Lipinski definition) is 3. The van der Waals surface area contributed by atoms with Crippen LogP contribution < -0.4 is 5.32 Å². The molecule has 7 heteroatoms. The van der Waals surface area contributed by atoms with Gasteiger partial charge in [0, 0.05) is 17.6 Å². The number of aromatic carboxylic acids is 1. The number of nitrogens with one attached hydrogen (secondary N) is 1. The van der Waals surface area contributed by atoms with Crippen molar-refractivity contribution in [3.05, 3.63) is 93.8 Å². The first-order valence-corrected chi connectivity index (χ1v) is 10.6. The summed E-state index contributed by atoms with van der Waals surface area (Å²) >= 11 is 6.01. The molecule has 3 N–H and O–H groups in total. The summed E-state index contributed by atoms with van der Waals surface area (Å²) in [7, 11) is 0. The van der Waals surface area contributed by atoms with E-state index in [0.29, 0.717) is 17.1 Å². The van der Waals surface area contributed by atoms with Crippen molar-refractivity contribution >= 4 is 30.0 Å². The molecule has 1 aliphatic carbocycles. The van der Waals surface area contributed by atoms with Crippen LogP contribution in [0.4, 0.5) is 4.39 Å². The number of aryl methyl sites for hydroxylation is 1. The first-order valence-electron chi connectivity index (χ1n) is 10.2. The monoisotopic (exact) mass is 475 g/mol. The summed E-state index contributed by atoms with van der Waals surface area (Å²) in [4.78, 5) is 11.0. The standard InChI is InChI=1S/C25H23ClFNO3.ClH/c26-20-3-1-2-18(11-20)24(29)14-28-21-8-6-15-4-5-16(10-19(15)12-21)17-7-9-22(25(30)31)23(27)13-17;/h1-5,7,9-11,13,21,24,28-29H,6,8,12,14H2,(H,30,31);1H/t21-,24+;/m0./s1. The molecule has 32 heavy (non-hydrogen) atoms. The van der Waals surface area contributed by atoms with Crippen LogP contribution in [0.2, 0.25) is 5.02 Å². The minimum absolute atomic E-state index is 0. The molecule has 0 heterocycles. The minimum atomic E-state index is -1.27. The van der Waals surface area contributed by atoms with E-state index in [1.807, 2.05) is 24.3 Å². The van der Waals surface area contributed by atoms with Gasteiger partial charge in [0.05, 0.1) is 11.7 Å². The van der Waals surface area contributed by atoms with Crippen molar-refractivity contribution in [1.82, 2.24) is 5.32 Å². The van der Waals surface area contributed by atoms with E-state index in [9.17, 15) is 14.3 Å². The molecule has 0 saturated carbocycles. The Balaban J connectivity index is 0.00000289. The van der Waals surface area contributed by atoms with Crippen LogP contribution in [0, 0.1) is 5.82 Å². The Bertz CT molecular complexity index is 1120. The molecular weight excluding hydrogens is 452 g/mol. The number of fused-ring (bicyclic) bond motifs is 1. The zero-order valence-corrected chi connectivity index (χ0v) is 18.8. The number of rotatable bonds is 6. The number of aliphatic hydroxyl groups is 1. The van der Waals surface area contributed by atoms with Gasteiger partial charge in [0.15, 0.2) is 0 Å². The Morgan fingerprint density at radius 3 is 2.56 bits per heavy atom. The maximum absolute atomic E-state index is 14.1. The predicted octanol–water partition coefficient (Wildman–Crippen LogP) is 5.45. The van der Waals surface area contributed by atoms with Gasteiger partial charge >= 0.3 is 5.97 Å². The molecule has 3 aromatic rings. The Morgan fingerprint density at radius 2 is 1.84 bits per heavy atom. The summed E-state index contributed by atoms with van der Waals surface area (Å²) in [6, 6.07) is 17.7. The Kier molecular flexibility index (Phi) is 7.91. The molecule has 0 aromatic heterocycles. The van der Waals surface area contributed by atoms with Gasteiger partial charge in [-0.05, 0) is 71.3 Å². The third kappa shape index (κ3) is 5.48. The van der Waals surface area contributed by atoms with Crippen LogP contribution in [0.3, 0.4) is 0 Å². The third-order valence-corrected chi connectivity index (χ3v) is 6.04. The summed E-state index contributed by atoms with van der Waals surface area (Å²) in [6.45, 7) is 0.432. The first kappa shape index (κ1) is 24.2. The molecule has 4 rings (SSSR count). The van der Waals surface area contributed by atoms with Crippen molar-refractivity contribution in [2.75, 3.05) is 6.54 Å². The lowest BCUT2D eigenvalue weighted by Crippen LogP contribution is -2.37. The molecule has 2 atom stereocenters. The molecule has 3 aromatic carbocycles. The van der Waals surface area contributed by atoms with Gasteiger partial charge in [-0.3, -0.25) is 0 Å². The van der Waals surface area contributed by atoms with Gasteiger partial charge in [-0.1, -0.05) is 48.0 Å². The van der Waals surface area contributed by atoms with Gasteiger partial charge in [0.2, 0.25) is 0 Å². The number of aliphatic hydroxyl groups excluding tert-OH is 1. The van der Waals surface area contributed by atoms with Crippen molar-refractivity contribution < 1.29 is 19.4 Å². The fraction of sp³-hybridized carbons (Fsp3) is 0.240. The van der Waals surface area contributed by atoms with Crippen molar-refractivity contribution in [1.29, 1.82) is 0 Å². The van der Waals surface area contributed by atoms with Crippen LogP contribution in [0.1, 0.15) is 39.6 Å². The van der Waals surface area contributed by atoms with Crippen molar-refractivity contribution in [2.24, 2.45) is 0 Å². The second kappa shape index (κ2) is 10.5. The van der Waals surface area contributed by atoms with E-state index >= 15 is 0 Å². The van der Waals surface area contributed by atoms with Gasteiger partial charge in [-0.15, -0.1) is 12.4 Å². The Hall–Kier alpha value is -2.44. The molecule has 0 radical (unpaired) electrons. The van der Waals surface area contributed by atoms with E-state index in [2.05, 4.69) is 11.4 Å². The SMILES string of the molecule is Cl.O=C(O)c1ccc(-c2ccc3c(c2)C[C@@H](NC[C@@H](O)c2cccc(Cl)c2)CC3)cc1F. The van der Waals surface area contributed by atoms with E-state index in [-0.39, 0.29) is 24.0 Å². The normalized spacial score (nSPS) is 16.0. The molecule has 1 aliphatic rings. The lowest BCUT2D eigenvalue weighted by molar-refractivity contribution is 0.0692. The van der Waals surface area contributed by atoms with Crippen LogP contribution in [0.5, 0.6) is 0 Å². The van der Waals surface area contributed by atoms with E-state index in [4.69, 9.17) is 16.7 Å². The van der Waals surface area contributed by atoms with Crippen LogP contribution in [0.25, 0.3) is 11.1 Å². The molecule has 0 fully saturated rings. The summed E-state index contributed by atoms with van der Waals surface area (Å²) in [5, 5.41) is 23.5. The highest BCUT2D eigenvalue weighted by Crippen LogP contribution is 2.29. The molecule has 0 aliphatic heterocycles. The quantitative estimate of drug-likeness (QED) is 0.443. The fourth-order valence-corrected chi connectivity index (χ4v) is 4.29. The van der Waals surface area contributed by atoms with Crippen LogP contribution in [-0.2, 0) is 12.8 Å². The molecule has 4 nitrogen and oxygen atoms in total. The van der Waals surface area contributed by atoms with E-state index in [1.54, 1.807) is 18.2 Å². The average molecular weight is 476 g/mol. The number of carboxylic acids is 1. The summed E-state index contributed by atoms with van der Waals surface area (Å²) < 4.78 is 14.1. The van der Waals surface area contributed by atoms with E-state index < -0.39 is 17.9 Å². The van der Waals surface area contributed by atoms with Crippen molar-refractivity contribution in [2.45, 2.75) is 31.4 Å². The Labute approximate surface area is 197 Å². The van der Waals surface area contributed by atoms with Crippen LogP contribution in [0.15, 0.2) is 60.7 Å². The maximum atomic E-state index is 14.1. The highest BCUT2D eigenvalue weighted by atomic mass is 35.5. The zero-order valence-electron chi connectivity index (χ0n) is 17.2. The van der Waals surface area contributed by atoms with Gasteiger partial charge in [-0.2, -0.15) is 0 Å². The highest BCUT2D eigenvalue weighted by molar-refractivity contribution is 6.30. The molecular formula is C25H24Cl2FNO3. The first-order chi connectivity index (χ1) is 14.9. The molecule has 0 unspecified atom stereocenters. The van der Waals surface area contributed by atoms with Crippen molar-refractivity contribution in [3.63, 3.8) is 0 Å². The largest absolute Gasteiger partial charge is 0.478 e. The second-order valence-corrected chi connectivity index (χ2v) is 8.34. The lowest BCUT2D eigenvalue weighted by Gasteiger charge is -2.27. The fourth-order valence-electron chi connectivity index (χ4n) is 4.09. The maximum Gasteiger partial charge on any atom is 0.338 e. The molecule has 0 bridgehead atoms. The van der Waals surface area contributed by atoms with E-state index in [1.165, 1.54) is 23.3 Å².